The molecule has 15 heavy (non-hydrogen) atoms. The number of rotatable bonds is 3. The van der Waals surface area contributed by atoms with Gasteiger partial charge in [-0.15, -0.1) is 0 Å². The number of phenolic OH excluding ortho intramolecular Hbond substituents is 1. The Labute approximate surface area is 88.6 Å². The van der Waals surface area contributed by atoms with Gasteiger partial charge in [-0.2, -0.15) is 0 Å². The van der Waals surface area contributed by atoms with Gasteiger partial charge in [-0.25, -0.2) is 0 Å². The number of phenols is 1. The maximum Gasteiger partial charge on any atom is 0.125 e. The summed E-state index contributed by atoms with van der Waals surface area (Å²) in [6.07, 6.45) is 3.47. The standard InChI is InChI=1S/C12H14N2O/c13-7-2-4-10-12-9(6-8-14-10)3-1-5-11(12)15/h1,3,5-6,8,15H,2,4,7,13H2. The zero-order chi connectivity index (χ0) is 10.7. The lowest BCUT2D eigenvalue weighted by Gasteiger charge is -2.06. The van der Waals surface area contributed by atoms with E-state index in [4.69, 9.17) is 5.73 Å². The largest absolute Gasteiger partial charge is 0.507 e. The second-order valence-corrected chi connectivity index (χ2v) is 3.53. The molecule has 0 amide bonds. The predicted molar refractivity (Wildman–Crippen MR) is 60.8 cm³/mol. The third-order valence-corrected chi connectivity index (χ3v) is 2.47. The summed E-state index contributed by atoms with van der Waals surface area (Å²) in [6, 6.07) is 7.41. The SMILES string of the molecule is NCCCc1nccc2cccc(O)c12. The van der Waals surface area contributed by atoms with Crippen molar-refractivity contribution in [1.82, 2.24) is 4.98 Å². The lowest BCUT2D eigenvalue weighted by atomic mass is 10.1. The number of aryl methyl sites for hydroxylation is 1. The van der Waals surface area contributed by atoms with Crippen LogP contribution in [0.2, 0.25) is 0 Å². The van der Waals surface area contributed by atoms with Crippen LogP contribution in [0.5, 0.6) is 5.75 Å². The molecule has 3 nitrogen and oxygen atoms in total. The van der Waals surface area contributed by atoms with Gasteiger partial charge in [0.15, 0.2) is 0 Å². The number of aromatic hydroxyl groups is 1. The number of fused-ring (bicyclic) bond motifs is 1. The van der Waals surface area contributed by atoms with Crippen molar-refractivity contribution in [3.05, 3.63) is 36.2 Å². The molecular formula is C12H14N2O. The van der Waals surface area contributed by atoms with E-state index in [9.17, 15) is 5.11 Å². The van der Waals surface area contributed by atoms with Crippen molar-refractivity contribution >= 4 is 10.8 Å². The summed E-state index contributed by atoms with van der Waals surface area (Å²) in [5.74, 6) is 0.299. The van der Waals surface area contributed by atoms with Crippen molar-refractivity contribution < 1.29 is 5.11 Å². The molecule has 0 aliphatic rings. The fourth-order valence-corrected chi connectivity index (χ4v) is 1.74. The maximum atomic E-state index is 9.78. The van der Waals surface area contributed by atoms with E-state index in [1.807, 2.05) is 18.2 Å². The quantitative estimate of drug-likeness (QED) is 0.798. The fraction of sp³-hybridized carbons (Fsp3) is 0.250. The second-order valence-electron chi connectivity index (χ2n) is 3.53. The predicted octanol–water partition coefficient (Wildman–Crippen LogP) is 1.83. The van der Waals surface area contributed by atoms with Crippen LogP contribution in [0.4, 0.5) is 0 Å². The molecule has 0 aliphatic heterocycles. The number of hydrogen-bond donors (Lipinski definition) is 2. The monoisotopic (exact) mass is 202 g/mol. The highest BCUT2D eigenvalue weighted by Gasteiger charge is 2.05. The number of nitrogens with zero attached hydrogens (tertiary/aromatic N) is 1. The zero-order valence-corrected chi connectivity index (χ0v) is 8.48. The van der Waals surface area contributed by atoms with Gasteiger partial charge in [-0.3, -0.25) is 4.98 Å². The van der Waals surface area contributed by atoms with Crippen LogP contribution in [0.15, 0.2) is 30.5 Å². The van der Waals surface area contributed by atoms with Crippen LogP contribution in [-0.4, -0.2) is 16.6 Å². The molecule has 3 N–H and O–H groups in total. The van der Waals surface area contributed by atoms with Gasteiger partial charge in [0, 0.05) is 11.6 Å². The molecule has 0 bridgehead atoms. The number of pyridine rings is 1. The molecule has 2 rings (SSSR count). The van der Waals surface area contributed by atoms with Gasteiger partial charge in [-0.1, -0.05) is 12.1 Å². The molecule has 0 fully saturated rings. The average molecular weight is 202 g/mol. The molecule has 1 aromatic heterocycles. The van der Waals surface area contributed by atoms with Crippen LogP contribution in [0.3, 0.4) is 0 Å². The van der Waals surface area contributed by atoms with Gasteiger partial charge in [0.25, 0.3) is 0 Å². The Hall–Kier alpha value is -1.61. The highest BCUT2D eigenvalue weighted by atomic mass is 16.3. The summed E-state index contributed by atoms with van der Waals surface area (Å²) in [5, 5.41) is 11.7. The minimum absolute atomic E-state index is 0.299. The number of aromatic nitrogens is 1. The zero-order valence-electron chi connectivity index (χ0n) is 8.48. The molecular weight excluding hydrogens is 188 g/mol. The lowest BCUT2D eigenvalue weighted by Crippen LogP contribution is -2.01. The van der Waals surface area contributed by atoms with E-state index in [0.29, 0.717) is 12.3 Å². The Balaban J connectivity index is 2.53. The summed E-state index contributed by atoms with van der Waals surface area (Å²) >= 11 is 0. The van der Waals surface area contributed by atoms with E-state index < -0.39 is 0 Å². The van der Waals surface area contributed by atoms with Crippen molar-refractivity contribution in [3.63, 3.8) is 0 Å². The molecule has 0 saturated heterocycles. The van der Waals surface area contributed by atoms with Crippen molar-refractivity contribution in [2.45, 2.75) is 12.8 Å². The summed E-state index contributed by atoms with van der Waals surface area (Å²) < 4.78 is 0. The van der Waals surface area contributed by atoms with E-state index in [0.717, 1.165) is 29.3 Å². The molecule has 1 heterocycles. The fourth-order valence-electron chi connectivity index (χ4n) is 1.74. The van der Waals surface area contributed by atoms with E-state index in [1.54, 1.807) is 12.3 Å². The third kappa shape index (κ3) is 1.92. The van der Waals surface area contributed by atoms with Crippen LogP contribution in [0, 0.1) is 0 Å². The Morgan fingerprint density at radius 2 is 2.13 bits per heavy atom. The van der Waals surface area contributed by atoms with Crippen molar-refractivity contribution in [2.24, 2.45) is 5.73 Å². The van der Waals surface area contributed by atoms with Crippen LogP contribution in [0.25, 0.3) is 10.8 Å². The first-order chi connectivity index (χ1) is 7.33. The van der Waals surface area contributed by atoms with E-state index in [2.05, 4.69) is 4.98 Å². The first kappa shape index (κ1) is 9.93. The molecule has 0 unspecified atom stereocenters. The van der Waals surface area contributed by atoms with Gasteiger partial charge in [0.1, 0.15) is 5.75 Å². The Kier molecular flexibility index (Phi) is 2.83. The average Bonchev–Trinajstić information content (AvgIpc) is 2.26. The van der Waals surface area contributed by atoms with Gasteiger partial charge in [-0.05, 0) is 36.9 Å². The van der Waals surface area contributed by atoms with Crippen LogP contribution >= 0.6 is 0 Å². The van der Waals surface area contributed by atoms with Crippen LogP contribution < -0.4 is 5.73 Å². The van der Waals surface area contributed by atoms with E-state index in [1.165, 1.54) is 0 Å². The second kappa shape index (κ2) is 4.28. The van der Waals surface area contributed by atoms with Gasteiger partial charge in [0.05, 0.1) is 5.69 Å². The molecule has 2 aromatic rings. The molecule has 0 spiro atoms. The number of hydrogen-bond acceptors (Lipinski definition) is 3. The van der Waals surface area contributed by atoms with Crippen molar-refractivity contribution in [2.75, 3.05) is 6.54 Å². The highest BCUT2D eigenvalue weighted by Crippen LogP contribution is 2.26. The highest BCUT2D eigenvalue weighted by molar-refractivity contribution is 5.89. The number of nitrogens with two attached hydrogens (primary N) is 1. The van der Waals surface area contributed by atoms with Crippen molar-refractivity contribution in [1.29, 1.82) is 0 Å². The number of benzene rings is 1. The first-order valence-corrected chi connectivity index (χ1v) is 5.08. The first-order valence-electron chi connectivity index (χ1n) is 5.08. The molecule has 1 aromatic carbocycles. The minimum Gasteiger partial charge on any atom is -0.507 e. The molecule has 0 radical (unpaired) electrons. The molecule has 78 valence electrons. The maximum absolute atomic E-state index is 9.78. The van der Waals surface area contributed by atoms with Gasteiger partial charge >= 0.3 is 0 Å². The minimum atomic E-state index is 0.299. The smallest absolute Gasteiger partial charge is 0.125 e. The third-order valence-electron chi connectivity index (χ3n) is 2.47. The van der Waals surface area contributed by atoms with Gasteiger partial charge < -0.3 is 10.8 Å². The summed E-state index contributed by atoms with van der Waals surface area (Å²) in [5.41, 5.74) is 6.40. The molecule has 0 atom stereocenters. The summed E-state index contributed by atoms with van der Waals surface area (Å²) in [7, 11) is 0. The summed E-state index contributed by atoms with van der Waals surface area (Å²) in [6.45, 7) is 0.645. The molecule has 3 heteroatoms. The summed E-state index contributed by atoms with van der Waals surface area (Å²) in [4.78, 5) is 4.29. The molecule has 0 aliphatic carbocycles. The normalized spacial score (nSPS) is 10.7. The van der Waals surface area contributed by atoms with Crippen molar-refractivity contribution in [3.8, 4) is 5.75 Å². The van der Waals surface area contributed by atoms with E-state index in [-0.39, 0.29) is 0 Å². The Morgan fingerprint density at radius 3 is 2.93 bits per heavy atom. The Morgan fingerprint density at radius 1 is 1.27 bits per heavy atom. The van der Waals surface area contributed by atoms with E-state index >= 15 is 0 Å². The Bertz CT molecular complexity index is 463. The van der Waals surface area contributed by atoms with Crippen LogP contribution in [0.1, 0.15) is 12.1 Å². The van der Waals surface area contributed by atoms with Gasteiger partial charge in [0.2, 0.25) is 0 Å². The lowest BCUT2D eigenvalue weighted by molar-refractivity contribution is 0.481. The topological polar surface area (TPSA) is 59.1 Å². The van der Waals surface area contributed by atoms with Crippen LogP contribution in [-0.2, 0) is 6.42 Å². The molecule has 0 saturated carbocycles.